The normalized spacial score (nSPS) is 20.0. The summed E-state index contributed by atoms with van der Waals surface area (Å²) >= 11 is 0. The molecule has 1 aliphatic rings. The molecular weight excluding hydrogens is 358 g/mol. The van der Waals surface area contributed by atoms with Gasteiger partial charge in [0.15, 0.2) is 9.84 Å². The van der Waals surface area contributed by atoms with Crippen LogP contribution in [0.5, 0.6) is 5.75 Å². The van der Waals surface area contributed by atoms with Gasteiger partial charge in [-0.1, -0.05) is 32.2 Å². The van der Waals surface area contributed by atoms with Gasteiger partial charge in [-0.3, -0.25) is 0 Å². The van der Waals surface area contributed by atoms with Crippen molar-refractivity contribution in [2.45, 2.75) is 51.0 Å². The molecule has 1 aliphatic heterocycles. The summed E-state index contributed by atoms with van der Waals surface area (Å²) in [5, 5.41) is 0. The number of hydrogen-bond acceptors (Lipinski definition) is 4. The zero-order valence-electron chi connectivity index (χ0n) is 16.9. The molecule has 2 rings (SSSR count). The van der Waals surface area contributed by atoms with Gasteiger partial charge < -0.3 is 9.64 Å². The van der Waals surface area contributed by atoms with Gasteiger partial charge in [-0.15, -0.1) is 0 Å². The zero-order valence-corrected chi connectivity index (χ0v) is 17.7. The molecule has 1 unspecified atom stereocenters. The summed E-state index contributed by atoms with van der Waals surface area (Å²) in [6.45, 7) is 15.4. The van der Waals surface area contributed by atoms with Crippen LogP contribution in [0.25, 0.3) is 5.70 Å². The van der Waals surface area contributed by atoms with Crippen molar-refractivity contribution in [3.8, 4) is 5.75 Å². The standard InChI is InChI=1S/C22H31NO3S/c1-16(2)26-22-13-12-20(27(6,24)25)15-21(22)19(5)23-14-10-8-7-9-11-17(3)18(23)4/h7,9,12-13,15-17H,4-5,8,10-11,14H2,1-3,6H3/b9-7-. The predicted octanol–water partition coefficient (Wildman–Crippen LogP) is 5.04. The number of benzene rings is 1. The Balaban J connectivity index is 2.48. The Morgan fingerprint density at radius 3 is 2.63 bits per heavy atom. The van der Waals surface area contributed by atoms with Crippen LogP contribution in [0.3, 0.4) is 0 Å². The van der Waals surface area contributed by atoms with E-state index < -0.39 is 9.84 Å². The fraction of sp³-hybridized carbons (Fsp3) is 0.455. The van der Waals surface area contributed by atoms with Crippen molar-refractivity contribution < 1.29 is 13.2 Å². The van der Waals surface area contributed by atoms with Crippen molar-refractivity contribution >= 4 is 15.5 Å². The highest BCUT2D eigenvalue weighted by atomic mass is 32.2. The van der Waals surface area contributed by atoms with E-state index in [9.17, 15) is 8.42 Å². The van der Waals surface area contributed by atoms with Gasteiger partial charge in [0, 0.05) is 29.8 Å². The molecule has 0 bridgehead atoms. The number of rotatable bonds is 5. The van der Waals surface area contributed by atoms with E-state index in [0.717, 1.165) is 37.2 Å². The van der Waals surface area contributed by atoms with E-state index >= 15 is 0 Å². The van der Waals surface area contributed by atoms with Crippen LogP contribution < -0.4 is 4.74 Å². The molecule has 1 aromatic rings. The summed E-state index contributed by atoms with van der Waals surface area (Å²) in [6, 6.07) is 4.98. The smallest absolute Gasteiger partial charge is 0.175 e. The molecule has 4 nitrogen and oxygen atoms in total. The molecule has 5 heteroatoms. The topological polar surface area (TPSA) is 46.6 Å². The van der Waals surface area contributed by atoms with Gasteiger partial charge in [0.2, 0.25) is 0 Å². The molecule has 0 spiro atoms. The van der Waals surface area contributed by atoms with Crippen LogP contribution in [0, 0.1) is 5.92 Å². The largest absolute Gasteiger partial charge is 0.490 e. The Morgan fingerprint density at radius 2 is 2.00 bits per heavy atom. The average Bonchev–Trinajstić information content (AvgIpc) is 2.65. The first-order valence-corrected chi connectivity index (χ1v) is 11.3. The molecule has 1 atom stereocenters. The average molecular weight is 390 g/mol. The summed E-state index contributed by atoms with van der Waals surface area (Å²) in [4.78, 5) is 2.38. The summed E-state index contributed by atoms with van der Waals surface area (Å²) in [5.74, 6) is 0.921. The van der Waals surface area contributed by atoms with Gasteiger partial charge in [0.1, 0.15) is 5.75 Å². The van der Waals surface area contributed by atoms with Crippen LogP contribution in [-0.4, -0.2) is 32.2 Å². The van der Waals surface area contributed by atoms with Crippen LogP contribution >= 0.6 is 0 Å². The predicted molar refractivity (Wildman–Crippen MR) is 112 cm³/mol. The first kappa shape index (κ1) is 21.3. The second kappa shape index (κ2) is 8.79. The number of hydrogen-bond donors (Lipinski definition) is 0. The Bertz CT molecular complexity index is 837. The van der Waals surface area contributed by atoms with Gasteiger partial charge in [0.25, 0.3) is 0 Å². The molecule has 1 aromatic carbocycles. The lowest BCUT2D eigenvalue weighted by molar-refractivity contribution is 0.241. The molecule has 148 valence electrons. The molecule has 0 fully saturated rings. The Hall–Kier alpha value is -2.01. The van der Waals surface area contributed by atoms with Crippen LogP contribution in [0.1, 0.15) is 45.6 Å². The minimum Gasteiger partial charge on any atom is -0.490 e. The maximum absolute atomic E-state index is 12.1. The Morgan fingerprint density at radius 1 is 1.30 bits per heavy atom. The van der Waals surface area contributed by atoms with E-state index in [1.165, 1.54) is 6.26 Å². The van der Waals surface area contributed by atoms with Crippen LogP contribution in [0.4, 0.5) is 0 Å². The highest BCUT2D eigenvalue weighted by Gasteiger charge is 2.22. The summed E-state index contributed by atoms with van der Waals surface area (Å²) < 4.78 is 30.1. The van der Waals surface area contributed by atoms with E-state index in [0.29, 0.717) is 11.3 Å². The fourth-order valence-corrected chi connectivity index (χ4v) is 3.75. The monoisotopic (exact) mass is 389 g/mol. The van der Waals surface area contributed by atoms with E-state index in [2.05, 4.69) is 37.1 Å². The SMILES string of the molecule is C=C(c1cc(S(C)(=O)=O)ccc1OC(C)C)N1CCC/C=C\CC(C)C1=C. The number of allylic oxidation sites excluding steroid dienone is 3. The molecule has 1 heterocycles. The van der Waals surface area contributed by atoms with Crippen LogP contribution in [-0.2, 0) is 9.84 Å². The van der Waals surface area contributed by atoms with Crippen molar-refractivity contribution in [1.29, 1.82) is 0 Å². The van der Waals surface area contributed by atoms with E-state index in [-0.39, 0.29) is 16.9 Å². The Labute approximate surface area is 164 Å². The molecule has 0 saturated carbocycles. The number of sulfone groups is 1. The van der Waals surface area contributed by atoms with Crippen molar-refractivity contribution in [2.24, 2.45) is 5.92 Å². The fourth-order valence-electron chi connectivity index (χ4n) is 3.11. The number of ether oxygens (including phenoxy) is 1. The lowest BCUT2D eigenvalue weighted by Gasteiger charge is -2.32. The maximum Gasteiger partial charge on any atom is 0.175 e. The summed E-state index contributed by atoms with van der Waals surface area (Å²) in [6.07, 6.45) is 8.53. The lowest BCUT2D eigenvalue weighted by Crippen LogP contribution is -2.25. The molecule has 0 radical (unpaired) electrons. The third-order valence-electron chi connectivity index (χ3n) is 4.70. The van der Waals surface area contributed by atoms with E-state index in [1.807, 2.05) is 13.8 Å². The van der Waals surface area contributed by atoms with Gasteiger partial charge in [0.05, 0.1) is 11.0 Å². The zero-order chi connectivity index (χ0) is 20.2. The molecule has 27 heavy (non-hydrogen) atoms. The molecule has 0 amide bonds. The van der Waals surface area contributed by atoms with Gasteiger partial charge in [-0.2, -0.15) is 0 Å². The second-order valence-electron chi connectivity index (χ2n) is 7.44. The van der Waals surface area contributed by atoms with Crippen molar-refractivity contribution in [3.63, 3.8) is 0 Å². The van der Waals surface area contributed by atoms with Crippen molar-refractivity contribution in [2.75, 3.05) is 12.8 Å². The lowest BCUT2D eigenvalue weighted by atomic mass is 10.0. The molecular formula is C22H31NO3S. The second-order valence-corrected chi connectivity index (χ2v) is 9.45. The minimum atomic E-state index is -3.33. The quantitative estimate of drug-likeness (QED) is 0.662. The summed E-state index contributed by atoms with van der Waals surface area (Å²) in [5.41, 5.74) is 2.42. The Kier molecular flexibility index (Phi) is 6.93. The van der Waals surface area contributed by atoms with Gasteiger partial charge in [-0.25, -0.2) is 8.42 Å². The maximum atomic E-state index is 12.1. The third kappa shape index (κ3) is 5.48. The molecule has 0 aliphatic carbocycles. The van der Waals surface area contributed by atoms with E-state index in [1.54, 1.807) is 18.2 Å². The molecule has 0 aromatic heterocycles. The van der Waals surface area contributed by atoms with Crippen molar-refractivity contribution in [1.82, 2.24) is 4.90 Å². The number of nitrogens with zero attached hydrogens (tertiary/aromatic N) is 1. The van der Waals surface area contributed by atoms with Crippen LogP contribution in [0.2, 0.25) is 0 Å². The van der Waals surface area contributed by atoms with E-state index in [4.69, 9.17) is 4.74 Å². The first-order valence-electron chi connectivity index (χ1n) is 9.42. The van der Waals surface area contributed by atoms with Gasteiger partial charge >= 0.3 is 0 Å². The highest BCUT2D eigenvalue weighted by Crippen LogP contribution is 2.35. The first-order chi connectivity index (χ1) is 12.6. The highest BCUT2D eigenvalue weighted by molar-refractivity contribution is 7.90. The van der Waals surface area contributed by atoms with Crippen molar-refractivity contribution in [3.05, 3.63) is 54.8 Å². The molecule has 0 saturated heterocycles. The minimum absolute atomic E-state index is 0.0255. The molecule has 0 N–H and O–H groups in total. The van der Waals surface area contributed by atoms with Gasteiger partial charge in [-0.05, 0) is 57.2 Å². The third-order valence-corrected chi connectivity index (χ3v) is 5.81. The van der Waals surface area contributed by atoms with Crippen LogP contribution in [0.15, 0.2) is 54.1 Å². The summed E-state index contributed by atoms with van der Waals surface area (Å²) in [7, 11) is -3.33.